The van der Waals surface area contributed by atoms with Gasteiger partial charge in [-0.05, 0) is 32.4 Å². The Bertz CT molecular complexity index is 996. The lowest BCUT2D eigenvalue weighted by atomic mass is 9.93. The summed E-state index contributed by atoms with van der Waals surface area (Å²) in [6.45, 7) is 12.6. The number of halogens is 2. The van der Waals surface area contributed by atoms with Crippen LogP contribution in [-0.2, 0) is 18.3 Å². The van der Waals surface area contributed by atoms with Crippen molar-refractivity contribution in [1.82, 2.24) is 4.57 Å². The van der Waals surface area contributed by atoms with Crippen LogP contribution in [-0.4, -0.2) is 33.8 Å². The minimum Gasteiger partial charge on any atom is -0.400 e. The van der Waals surface area contributed by atoms with E-state index in [2.05, 4.69) is 26.0 Å². The fourth-order valence-electron chi connectivity index (χ4n) is 2.60. The highest BCUT2D eigenvalue weighted by atomic mass is 35.5. The molecule has 0 radical (unpaired) electrons. The van der Waals surface area contributed by atoms with Crippen molar-refractivity contribution in [2.75, 3.05) is 7.11 Å². The van der Waals surface area contributed by atoms with Gasteiger partial charge >= 0.3 is 0 Å². The van der Waals surface area contributed by atoms with Crippen molar-refractivity contribution in [1.29, 1.82) is 0 Å². The van der Waals surface area contributed by atoms with Gasteiger partial charge in [0.15, 0.2) is 0 Å². The zero-order chi connectivity index (χ0) is 25.6. The van der Waals surface area contributed by atoms with E-state index in [-0.39, 0.29) is 17.0 Å². The maximum Gasteiger partial charge on any atom is 0.258 e. The maximum atomic E-state index is 13.9. The van der Waals surface area contributed by atoms with Crippen molar-refractivity contribution < 1.29 is 19.4 Å². The smallest absolute Gasteiger partial charge is 0.258 e. The molecule has 0 atom stereocenters. The van der Waals surface area contributed by atoms with E-state index in [1.807, 2.05) is 0 Å². The van der Waals surface area contributed by atoms with Crippen molar-refractivity contribution in [3.8, 4) is 24.0 Å². The van der Waals surface area contributed by atoms with Crippen LogP contribution in [0.1, 0.15) is 37.6 Å². The number of hydrogen-bond donors (Lipinski definition) is 2. The molecule has 7 heteroatoms. The van der Waals surface area contributed by atoms with Crippen LogP contribution in [0.5, 0.6) is 0 Å². The molecular formula is C25H31ClFNO4. The van der Waals surface area contributed by atoms with E-state index in [1.54, 1.807) is 33.9 Å². The Labute approximate surface area is 194 Å². The third kappa shape index (κ3) is 8.64. The first-order valence-electron chi connectivity index (χ1n) is 9.37. The summed E-state index contributed by atoms with van der Waals surface area (Å²) in [6.07, 6.45) is 11.6. The lowest BCUT2D eigenvalue weighted by Gasteiger charge is -2.19. The van der Waals surface area contributed by atoms with Crippen molar-refractivity contribution in [2.45, 2.75) is 32.8 Å². The Morgan fingerprint density at radius 2 is 1.62 bits per heavy atom. The van der Waals surface area contributed by atoms with Crippen molar-refractivity contribution in [3.05, 3.63) is 69.4 Å². The number of carbonyl (C=O) groups is 1. The van der Waals surface area contributed by atoms with E-state index >= 15 is 0 Å². The van der Waals surface area contributed by atoms with Gasteiger partial charge in [-0.3, -0.25) is 4.79 Å². The Morgan fingerprint density at radius 1 is 1.16 bits per heavy atom. The molecule has 0 aliphatic heterocycles. The van der Waals surface area contributed by atoms with Gasteiger partial charge in [0.25, 0.3) is 5.56 Å². The largest absolute Gasteiger partial charge is 0.400 e. The monoisotopic (exact) mass is 463 g/mol. The van der Waals surface area contributed by atoms with Crippen LogP contribution in [0.3, 0.4) is 0 Å². The van der Waals surface area contributed by atoms with Crippen LogP contribution in [0.2, 0.25) is 5.02 Å². The second-order valence-corrected chi connectivity index (χ2v) is 7.44. The van der Waals surface area contributed by atoms with E-state index in [0.717, 1.165) is 7.11 Å². The van der Waals surface area contributed by atoms with Crippen LogP contribution in [0.4, 0.5) is 4.39 Å². The lowest BCUT2D eigenvalue weighted by molar-refractivity contribution is -0.107. The second-order valence-electron chi connectivity index (χ2n) is 7.06. The van der Waals surface area contributed by atoms with E-state index in [9.17, 15) is 14.0 Å². The Balaban J connectivity index is 0. The summed E-state index contributed by atoms with van der Waals surface area (Å²) in [5, 5.41) is 15.4. The molecule has 0 saturated carbocycles. The van der Waals surface area contributed by atoms with Gasteiger partial charge in [-0.25, -0.2) is 4.39 Å². The van der Waals surface area contributed by atoms with E-state index in [0.29, 0.717) is 34.2 Å². The molecule has 0 aliphatic rings. The summed E-state index contributed by atoms with van der Waals surface area (Å²) in [7, 11) is 2.55. The molecule has 2 N–H and O–H groups in total. The number of rotatable bonds is 5. The zero-order valence-electron chi connectivity index (χ0n) is 19.2. The van der Waals surface area contributed by atoms with Gasteiger partial charge in [-0.15, -0.1) is 12.8 Å². The van der Waals surface area contributed by atoms with Crippen LogP contribution >= 0.6 is 11.6 Å². The number of carbonyl (C=O) groups excluding carboxylic acids is 1. The number of nitrogens with zero attached hydrogens (tertiary/aromatic N) is 1. The van der Waals surface area contributed by atoms with Crippen LogP contribution in [0.25, 0.3) is 23.3 Å². The number of aliphatic hydroxyl groups is 2. The molecule has 0 aliphatic carbocycles. The number of hydrogen-bond acceptors (Lipinski definition) is 4. The summed E-state index contributed by atoms with van der Waals surface area (Å²) in [6, 6.07) is 4.40. The maximum absolute atomic E-state index is 13.9. The van der Waals surface area contributed by atoms with Gasteiger partial charge in [-0.2, -0.15) is 0 Å². The van der Waals surface area contributed by atoms with Gasteiger partial charge < -0.3 is 19.6 Å². The minimum absolute atomic E-state index is 0.00776. The second kappa shape index (κ2) is 14.9. The van der Waals surface area contributed by atoms with Gasteiger partial charge in [0.2, 0.25) is 0 Å². The summed E-state index contributed by atoms with van der Waals surface area (Å²) in [5.74, 6) is -0.578. The molecule has 1 aromatic heterocycles. The van der Waals surface area contributed by atoms with Gasteiger partial charge in [-0.1, -0.05) is 49.0 Å². The van der Waals surface area contributed by atoms with Gasteiger partial charge in [0.05, 0.1) is 10.6 Å². The first-order chi connectivity index (χ1) is 15.0. The number of pyridine rings is 1. The molecule has 1 aromatic carbocycles. The molecule has 32 heavy (non-hydrogen) atoms. The molecule has 2 aromatic rings. The quantitative estimate of drug-likeness (QED) is 0.505. The van der Waals surface area contributed by atoms with Crippen molar-refractivity contribution >= 4 is 30.0 Å². The predicted octanol–water partition coefficient (Wildman–Crippen LogP) is 4.51. The third-order valence-corrected chi connectivity index (χ3v) is 4.08. The topological polar surface area (TPSA) is 79.5 Å². The first-order valence-corrected chi connectivity index (χ1v) is 9.74. The van der Waals surface area contributed by atoms with Crippen molar-refractivity contribution in [3.63, 3.8) is 0 Å². The van der Waals surface area contributed by atoms with Crippen LogP contribution < -0.4 is 5.56 Å². The molecule has 0 saturated heterocycles. The molecule has 0 bridgehead atoms. The third-order valence-electron chi connectivity index (χ3n) is 3.69. The molecule has 2 rings (SSSR count). The highest BCUT2D eigenvalue weighted by Gasteiger charge is 2.21. The number of terminal acetylenes is 1. The van der Waals surface area contributed by atoms with Gasteiger partial charge in [0.1, 0.15) is 12.1 Å². The number of benzene rings is 1. The standard InChI is InChI=1S/C18H15ClFNO2.C4H10O.C2H2.CH4O/c1-4-11-12(5-2)18(23)21(3)15(9-10-22)16(11)13-7-6-8-14(20)17(13)19;1-4(2,3)5;2*1-2/h4-8,10H,1-2,9H2,3H3;5H,1-3H3;1-2H;2H,1H3. The highest BCUT2D eigenvalue weighted by molar-refractivity contribution is 6.33. The summed E-state index contributed by atoms with van der Waals surface area (Å²) in [5.41, 5.74) is 1.35. The molecule has 0 fully saturated rings. The van der Waals surface area contributed by atoms with Crippen LogP contribution in [0, 0.1) is 18.7 Å². The molecule has 1 heterocycles. The van der Waals surface area contributed by atoms with Crippen molar-refractivity contribution in [2.24, 2.45) is 7.05 Å². The highest BCUT2D eigenvalue weighted by Crippen LogP contribution is 2.36. The number of aliphatic hydroxyl groups excluding tert-OH is 1. The zero-order valence-corrected chi connectivity index (χ0v) is 19.9. The van der Waals surface area contributed by atoms with Gasteiger partial charge in [0, 0.05) is 43.0 Å². The van der Waals surface area contributed by atoms with E-state index < -0.39 is 11.4 Å². The fourth-order valence-corrected chi connectivity index (χ4v) is 2.82. The Hall–Kier alpha value is -2.98. The molecule has 5 nitrogen and oxygen atoms in total. The lowest BCUT2D eigenvalue weighted by Crippen LogP contribution is -2.25. The summed E-state index contributed by atoms with van der Waals surface area (Å²) >= 11 is 6.11. The summed E-state index contributed by atoms with van der Waals surface area (Å²) in [4.78, 5) is 23.5. The van der Waals surface area contributed by atoms with Crippen LogP contribution in [0.15, 0.2) is 36.2 Å². The average Bonchev–Trinajstić information content (AvgIpc) is 2.75. The Kier molecular flexibility index (Phi) is 14.6. The minimum atomic E-state index is -0.578. The number of aldehydes is 1. The first kappa shape index (κ1) is 31.2. The summed E-state index contributed by atoms with van der Waals surface area (Å²) < 4.78 is 15.2. The molecule has 0 unspecified atom stereocenters. The van der Waals surface area contributed by atoms with E-state index in [4.69, 9.17) is 21.8 Å². The molecule has 174 valence electrons. The Morgan fingerprint density at radius 3 is 2.03 bits per heavy atom. The normalized spacial score (nSPS) is 9.59. The SMILES string of the molecule is C#C.C=Cc1c(-c2cccc(F)c2Cl)c(CC=O)n(C)c(=O)c1C=C.CC(C)(C)O.CO. The molecular weight excluding hydrogens is 433 g/mol. The molecule has 0 amide bonds. The molecule has 0 spiro atoms. The van der Waals surface area contributed by atoms with E-state index in [1.165, 1.54) is 28.9 Å². The average molecular weight is 464 g/mol. The fraction of sp³-hybridized carbons (Fsp3) is 0.280. The number of aromatic nitrogens is 1. The predicted molar refractivity (Wildman–Crippen MR) is 132 cm³/mol.